The minimum Gasteiger partial charge on any atom is -0.480 e. The molecule has 92 valence electrons. The maximum atomic E-state index is 10.9. The summed E-state index contributed by atoms with van der Waals surface area (Å²) < 4.78 is 0. The molecule has 0 heterocycles. The maximum Gasteiger partial charge on any atom is 0.322 e. The number of carbonyl (C=O) groups is 1. The number of aliphatic carboxylic acids is 1. The highest BCUT2D eigenvalue weighted by Gasteiger charge is 2.26. The molecular formula is C12H20BrNO2. The number of halogens is 1. The van der Waals surface area contributed by atoms with Gasteiger partial charge in [0.1, 0.15) is 6.04 Å². The molecule has 0 fully saturated rings. The zero-order chi connectivity index (χ0) is 12.6. The molecule has 0 radical (unpaired) electrons. The molecule has 2 unspecified atom stereocenters. The average Bonchev–Trinajstić information content (AvgIpc) is 2.33. The van der Waals surface area contributed by atoms with Gasteiger partial charge >= 0.3 is 5.97 Å². The van der Waals surface area contributed by atoms with Crippen molar-refractivity contribution in [3.63, 3.8) is 0 Å². The molecule has 2 N–H and O–H groups in total. The van der Waals surface area contributed by atoms with E-state index in [9.17, 15) is 4.79 Å². The number of likely N-dealkylation sites (N-methyl/N-ethyl adjacent to an activating group) is 1. The summed E-state index contributed by atoms with van der Waals surface area (Å²) in [5.41, 5.74) is 1.04. The van der Waals surface area contributed by atoms with E-state index in [0.29, 0.717) is 0 Å². The van der Waals surface area contributed by atoms with Gasteiger partial charge in [0, 0.05) is 0 Å². The Hall–Kier alpha value is -0.610. The first-order valence-corrected chi connectivity index (χ1v) is 6.49. The summed E-state index contributed by atoms with van der Waals surface area (Å²) in [5, 5.41) is 11.7. The van der Waals surface area contributed by atoms with Gasteiger partial charge in [0.05, 0.1) is 4.83 Å². The number of alkyl halides is 1. The summed E-state index contributed by atoms with van der Waals surface area (Å²) in [7, 11) is 1.65. The lowest BCUT2D eigenvalue weighted by molar-refractivity contribution is -0.139. The van der Waals surface area contributed by atoms with E-state index in [2.05, 4.69) is 33.4 Å². The molecule has 16 heavy (non-hydrogen) atoms. The Labute approximate surface area is 106 Å². The fourth-order valence-electron chi connectivity index (χ4n) is 1.43. The second-order valence-electron chi connectivity index (χ2n) is 3.19. The molecule has 0 aromatic rings. The molecule has 3 nitrogen and oxygen atoms in total. The number of hydrogen-bond donors (Lipinski definition) is 2. The van der Waals surface area contributed by atoms with Crippen LogP contribution in [0.2, 0.25) is 0 Å². The molecule has 0 amide bonds. The van der Waals surface area contributed by atoms with E-state index < -0.39 is 12.0 Å². The van der Waals surface area contributed by atoms with Crippen molar-refractivity contribution in [3.8, 4) is 0 Å². The molecule has 0 saturated heterocycles. The summed E-state index contributed by atoms with van der Waals surface area (Å²) in [6, 6.07) is -0.580. The molecule has 0 aliphatic heterocycles. The van der Waals surface area contributed by atoms with Gasteiger partial charge < -0.3 is 10.4 Å². The van der Waals surface area contributed by atoms with Crippen LogP contribution in [-0.4, -0.2) is 29.0 Å². The molecule has 0 aromatic heterocycles. The lowest BCUT2D eigenvalue weighted by atomic mass is 10.00. The molecule has 2 atom stereocenters. The van der Waals surface area contributed by atoms with E-state index >= 15 is 0 Å². The van der Waals surface area contributed by atoms with Crippen LogP contribution < -0.4 is 5.32 Å². The van der Waals surface area contributed by atoms with Crippen molar-refractivity contribution in [1.29, 1.82) is 0 Å². The first kappa shape index (κ1) is 15.4. The number of hydrogen-bond acceptors (Lipinski definition) is 2. The van der Waals surface area contributed by atoms with Crippen molar-refractivity contribution in [3.05, 3.63) is 23.8 Å². The molecule has 0 aromatic carbocycles. The largest absolute Gasteiger partial charge is 0.480 e. The number of carboxylic acid groups (broad SMARTS) is 1. The predicted octanol–water partition coefficient (Wildman–Crippen LogP) is 2.73. The van der Waals surface area contributed by atoms with Crippen LogP contribution in [0, 0.1) is 0 Å². The summed E-state index contributed by atoms with van der Waals surface area (Å²) in [5.74, 6) is -0.839. The number of carboxylic acids is 1. The van der Waals surface area contributed by atoms with Crippen molar-refractivity contribution in [2.75, 3.05) is 7.05 Å². The SMILES string of the molecule is CC.CNC(C(=O)O)C(Br)C1=CCCC=C1. The second-order valence-corrected chi connectivity index (χ2v) is 4.18. The third-order valence-corrected chi connectivity index (χ3v) is 3.27. The Morgan fingerprint density at radius 2 is 2.12 bits per heavy atom. The van der Waals surface area contributed by atoms with Crippen LogP contribution in [0.5, 0.6) is 0 Å². The van der Waals surface area contributed by atoms with E-state index in [1.807, 2.05) is 19.9 Å². The third-order valence-electron chi connectivity index (χ3n) is 2.21. The van der Waals surface area contributed by atoms with Gasteiger partial charge in [-0.25, -0.2) is 0 Å². The summed E-state index contributed by atoms with van der Waals surface area (Å²) in [6.07, 6.45) is 8.16. The van der Waals surface area contributed by atoms with Gasteiger partial charge in [-0.05, 0) is 25.5 Å². The average molecular weight is 290 g/mol. The highest BCUT2D eigenvalue weighted by Crippen LogP contribution is 2.22. The number of allylic oxidation sites excluding steroid dienone is 3. The van der Waals surface area contributed by atoms with Crippen LogP contribution in [0.1, 0.15) is 26.7 Å². The van der Waals surface area contributed by atoms with Gasteiger partial charge in [0.2, 0.25) is 0 Å². The Morgan fingerprint density at radius 1 is 1.50 bits per heavy atom. The molecule has 0 bridgehead atoms. The van der Waals surface area contributed by atoms with E-state index in [4.69, 9.17) is 5.11 Å². The van der Waals surface area contributed by atoms with Crippen LogP contribution >= 0.6 is 15.9 Å². The smallest absolute Gasteiger partial charge is 0.322 e. The van der Waals surface area contributed by atoms with Crippen LogP contribution in [0.15, 0.2) is 23.8 Å². The van der Waals surface area contributed by atoms with E-state index in [1.165, 1.54) is 0 Å². The van der Waals surface area contributed by atoms with Crippen LogP contribution in [-0.2, 0) is 4.79 Å². The molecule has 0 saturated carbocycles. The molecule has 1 aliphatic carbocycles. The molecule has 1 rings (SSSR count). The summed E-state index contributed by atoms with van der Waals surface area (Å²) in [6.45, 7) is 4.00. The van der Waals surface area contributed by atoms with Crippen LogP contribution in [0.25, 0.3) is 0 Å². The van der Waals surface area contributed by atoms with E-state index in [-0.39, 0.29) is 4.83 Å². The minimum absolute atomic E-state index is 0.165. The van der Waals surface area contributed by atoms with Crippen molar-refractivity contribution < 1.29 is 9.90 Å². The van der Waals surface area contributed by atoms with Gasteiger partial charge in [-0.3, -0.25) is 4.79 Å². The molecular weight excluding hydrogens is 270 g/mol. The maximum absolute atomic E-state index is 10.9. The molecule has 0 spiro atoms. The fourth-order valence-corrected chi connectivity index (χ4v) is 2.26. The van der Waals surface area contributed by atoms with Crippen molar-refractivity contribution in [1.82, 2.24) is 5.32 Å². The van der Waals surface area contributed by atoms with E-state index in [1.54, 1.807) is 7.05 Å². The van der Waals surface area contributed by atoms with Crippen molar-refractivity contribution >= 4 is 21.9 Å². The lowest BCUT2D eigenvalue weighted by Gasteiger charge is -2.20. The van der Waals surface area contributed by atoms with Crippen molar-refractivity contribution in [2.45, 2.75) is 37.6 Å². The molecule has 4 heteroatoms. The Kier molecular flexibility index (Phi) is 8.21. The zero-order valence-electron chi connectivity index (χ0n) is 10.0. The zero-order valence-corrected chi connectivity index (χ0v) is 11.6. The first-order chi connectivity index (χ1) is 7.66. The van der Waals surface area contributed by atoms with Gasteiger partial charge in [-0.2, -0.15) is 0 Å². The number of rotatable bonds is 4. The second kappa shape index (κ2) is 8.53. The normalized spacial score (nSPS) is 17.9. The van der Waals surface area contributed by atoms with Gasteiger partial charge in [0.25, 0.3) is 0 Å². The quantitative estimate of drug-likeness (QED) is 0.783. The number of nitrogens with one attached hydrogen (secondary N) is 1. The summed E-state index contributed by atoms with van der Waals surface area (Å²) >= 11 is 3.40. The van der Waals surface area contributed by atoms with Gasteiger partial charge in [0.15, 0.2) is 0 Å². The lowest BCUT2D eigenvalue weighted by Crippen LogP contribution is -2.42. The monoisotopic (exact) mass is 289 g/mol. The predicted molar refractivity (Wildman–Crippen MR) is 71.0 cm³/mol. The first-order valence-electron chi connectivity index (χ1n) is 5.57. The third kappa shape index (κ3) is 4.49. The highest BCUT2D eigenvalue weighted by atomic mass is 79.9. The Balaban J connectivity index is 0.00000106. The molecule has 1 aliphatic rings. The highest BCUT2D eigenvalue weighted by molar-refractivity contribution is 9.09. The van der Waals surface area contributed by atoms with Gasteiger partial charge in [-0.15, -0.1) is 0 Å². The standard InChI is InChI=1S/C10H14BrNO2.C2H6/c1-12-9(10(13)14)8(11)7-5-3-2-4-6-7;1-2/h3,5-6,8-9,12H,2,4H2,1H3,(H,13,14);1-2H3. The topological polar surface area (TPSA) is 49.3 Å². The fraction of sp³-hybridized carbons (Fsp3) is 0.583. The van der Waals surface area contributed by atoms with Crippen molar-refractivity contribution in [2.24, 2.45) is 0 Å². The van der Waals surface area contributed by atoms with Gasteiger partial charge in [-0.1, -0.05) is 48.0 Å². The van der Waals surface area contributed by atoms with Crippen LogP contribution in [0.4, 0.5) is 0 Å². The Bertz CT molecular complexity index is 274. The van der Waals surface area contributed by atoms with Crippen LogP contribution in [0.3, 0.4) is 0 Å². The van der Waals surface area contributed by atoms with E-state index in [0.717, 1.165) is 18.4 Å². The summed E-state index contributed by atoms with van der Waals surface area (Å²) in [4.78, 5) is 10.7. The minimum atomic E-state index is -0.839. The Morgan fingerprint density at radius 3 is 2.50 bits per heavy atom.